The van der Waals surface area contributed by atoms with Gasteiger partial charge in [-0.15, -0.1) is 11.8 Å². The summed E-state index contributed by atoms with van der Waals surface area (Å²) in [5, 5.41) is 8.86. The van der Waals surface area contributed by atoms with Gasteiger partial charge in [-0.1, -0.05) is 20.8 Å². The zero-order valence-corrected chi connectivity index (χ0v) is 11.2. The zero-order chi connectivity index (χ0) is 12.1. The molecule has 0 aromatic rings. The van der Waals surface area contributed by atoms with E-state index in [4.69, 9.17) is 5.11 Å². The summed E-state index contributed by atoms with van der Waals surface area (Å²) in [6, 6.07) is 0.158. The van der Waals surface area contributed by atoms with E-state index in [1.54, 1.807) is 16.7 Å². The molecular formula is C11H23NO2S. The van der Waals surface area contributed by atoms with E-state index < -0.39 is 0 Å². The minimum atomic E-state index is 0.0318. The number of aliphatic hydroxyl groups excluding tert-OH is 1. The summed E-state index contributed by atoms with van der Waals surface area (Å²) in [5.74, 6) is 0.598. The van der Waals surface area contributed by atoms with Crippen molar-refractivity contribution in [3.05, 3.63) is 0 Å². The molecule has 0 heterocycles. The van der Waals surface area contributed by atoms with Gasteiger partial charge in [0.25, 0.3) is 0 Å². The molecule has 0 aromatic heterocycles. The normalized spacial score (nSPS) is 11.9. The Morgan fingerprint density at radius 3 is 2.27 bits per heavy atom. The van der Waals surface area contributed by atoms with Crippen LogP contribution in [-0.2, 0) is 4.79 Å². The van der Waals surface area contributed by atoms with Crippen LogP contribution in [0.5, 0.6) is 0 Å². The van der Waals surface area contributed by atoms with Crippen LogP contribution in [0.1, 0.15) is 34.6 Å². The smallest absolute Gasteiger partial charge is 0.232 e. The Morgan fingerprint density at radius 2 is 1.93 bits per heavy atom. The summed E-state index contributed by atoms with van der Waals surface area (Å²) >= 11 is 1.64. The highest BCUT2D eigenvalue weighted by atomic mass is 32.2. The lowest BCUT2D eigenvalue weighted by Gasteiger charge is -2.27. The lowest BCUT2D eigenvalue weighted by Crippen LogP contribution is -2.40. The van der Waals surface area contributed by atoms with Gasteiger partial charge in [0, 0.05) is 17.3 Å². The standard InChI is InChI=1S/C11H23NO2S/c1-9(2)12(6-7-13)10(14)8-15-11(3,4)5/h9,13H,6-8H2,1-5H3. The molecule has 1 N–H and O–H groups in total. The summed E-state index contributed by atoms with van der Waals surface area (Å²) < 4.78 is 0.109. The van der Waals surface area contributed by atoms with Crippen molar-refractivity contribution in [1.29, 1.82) is 0 Å². The highest BCUT2D eigenvalue weighted by Crippen LogP contribution is 2.23. The fraction of sp³-hybridized carbons (Fsp3) is 0.909. The van der Waals surface area contributed by atoms with Crippen LogP contribution in [0.4, 0.5) is 0 Å². The number of nitrogens with zero attached hydrogens (tertiary/aromatic N) is 1. The lowest BCUT2D eigenvalue weighted by atomic mass is 10.3. The Kier molecular flexibility index (Phi) is 6.29. The number of rotatable bonds is 5. The number of amides is 1. The Morgan fingerprint density at radius 1 is 1.40 bits per heavy atom. The molecule has 0 spiro atoms. The first-order valence-corrected chi connectivity index (χ1v) is 6.31. The number of carbonyl (C=O) groups excluding carboxylic acids is 1. The number of hydrogen-bond acceptors (Lipinski definition) is 3. The highest BCUT2D eigenvalue weighted by Gasteiger charge is 2.19. The molecule has 3 nitrogen and oxygen atoms in total. The first kappa shape index (κ1) is 14.8. The third kappa shape index (κ3) is 6.79. The fourth-order valence-electron chi connectivity index (χ4n) is 1.14. The van der Waals surface area contributed by atoms with Gasteiger partial charge in [0.1, 0.15) is 0 Å². The fourth-order valence-corrected chi connectivity index (χ4v) is 1.86. The number of hydrogen-bond donors (Lipinski definition) is 1. The van der Waals surface area contributed by atoms with Crippen molar-refractivity contribution in [2.24, 2.45) is 0 Å². The van der Waals surface area contributed by atoms with Crippen LogP contribution in [0, 0.1) is 0 Å². The van der Waals surface area contributed by atoms with Gasteiger partial charge < -0.3 is 10.0 Å². The third-order valence-corrected chi connectivity index (χ3v) is 3.17. The highest BCUT2D eigenvalue weighted by molar-refractivity contribution is 8.01. The zero-order valence-electron chi connectivity index (χ0n) is 10.4. The second kappa shape index (κ2) is 6.38. The number of carbonyl (C=O) groups is 1. The van der Waals surface area contributed by atoms with Gasteiger partial charge in [-0.3, -0.25) is 4.79 Å². The molecule has 0 fully saturated rings. The molecule has 0 aliphatic carbocycles. The van der Waals surface area contributed by atoms with Gasteiger partial charge in [-0.25, -0.2) is 0 Å². The van der Waals surface area contributed by atoms with Crippen molar-refractivity contribution in [1.82, 2.24) is 4.90 Å². The van der Waals surface area contributed by atoms with Gasteiger partial charge in [0.15, 0.2) is 0 Å². The molecule has 0 radical (unpaired) electrons. The van der Waals surface area contributed by atoms with Crippen LogP contribution in [-0.4, -0.2) is 45.6 Å². The first-order chi connectivity index (χ1) is 6.78. The molecule has 0 saturated heterocycles. The van der Waals surface area contributed by atoms with Gasteiger partial charge in [-0.05, 0) is 13.8 Å². The summed E-state index contributed by atoms with van der Waals surface area (Å²) in [6.07, 6.45) is 0. The molecule has 0 saturated carbocycles. The van der Waals surface area contributed by atoms with Crippen LogP contribution in [0.2, 0.25) is 0 Å². The molecule has 0 unspecified atom stereocenters. The summed E-state index contributed by atoms with van der Waals surface area (Å²) in [7, 11) is 0. The number of aliphatic hydroxyl groups is 1. The Hall–Kier alpha value is -0.220. The monoisotopic (exact) mass is 233 g/mol. The van der Waals surface area contributed by atoms with E-state index in [0.29, 0.717) is 12.3 Å². The van der Waals surface area contributed by atoms with E-state index in [-0.39, 0.29) is 23.3 Å². The second-order valence-corrected chi connectivity index (χ2v) is 6.61. The maximum atomic E-state index is 11.8. The Balaban J connectivity index is 4.15. The molecule has 0 rings (SSSR count). The largest absolute Gasteiger partial charge is 0.395 e. The third-order valence-electron chi connectivity index (χ3n) is 1.91. The van der Waals surface area contributed by atoms with E-state index in [1.165, 1.54) is 0 Å². The van der Waals surface area contributed by atoms with Crippen molar-refractivity contribution < 1.29 is 9.90 Å². The summed E-state index contributed by atoms with van der Waals surface area (Å²) in [4.78, 5) is 13.5. The van der Waals surface area contributed by atoms with Crippen LogP contribution in [0.15, 0.2) is 0 Å². The maximum absolute atomic E-state index is 11.8. The average molecular weight is 233 g/mol. The summed E-state index contributed by atoms with van der Waals surface area (Å²) in [6.45, 7) is 10.7. The van der Waals surface area contributed by atoms with Crippen LogP contribution in [0.25, 0.3) is 0 Å². The van der Waals surface area contributed by atoms with E-state index in [1.807, 2.05) is 13.8 Å². The van der Waals surface area contributed by atoms with E-state index >= 15 is 0 Å². The van der Waals surface area contributed by atoms with E-state index in [2.05, 4.69) is 20.8 Å². The number of thioether (sulfide) groups is 1. The lowest BCUT2D eigenvalue weighted by molar-refractivity contribution is -0.130. The first-order valence-electron chi connectivity index (χ1n) is 5.32. The van der Waals surface area contributed by atoms with Crippen LogP contribution >= 0.6 is 11.8 Å². The molecule has 0 bridgehead atoms. The molecule has 0 aliphatic heterocycles. The Labute approximate surface area is 97.2 Å². The van der Waals surface area contributed by atoms with Gasteiger partial charge >= 0.3 is 0 Å². The van der Waals surface area contributed by atoms with Crippen molar-refractivity contribution in [3.63, 3.8) is 0 Å². The summed E-state index contributed by atoms with van der Waals surface area (Å²) in [5.41, 5.74) is 0. The van der Waals surface area contributed by atoms with E-state index in [9.17, 15) is 4.79 Å². The molecule has 0 atom stereocenters. The van der Waals surface area contributed by atoms with Gasteiger partial charge in [0.05, 0.1) is 12.4 Å². The van der Waals surface area contributed by atoms with Crippen LogP contribution in [0.3, 0.4) is 0 Å². The quantitative estimate of drug-likeness (QED) is 0.786. The molecule has 90 valence electrons. The molecular weight excluding hydrogens is 210 g/mol. The predicted molar refractivity (Wildman–Crippen MR) is 66.1 cm³/mol. The van der Waals surface area contributed by atoms with Crippen molar-refractivity contribution in [2.45, 2.75) is 45.4 Å². The maximum Gasteiger partial charge on any atom is 0.232 e. The van der Waals surface area contributed by atoms with Crippen molar-refractivity contribution in [3.8, 4) is 0 Å². The topological polar surface area (TPSA) is 40.5 Å². The van der Waals surface area contributed by atoms with E-state index in [0.717, 1.165) is 0 Å². The molecule has 1 amide bonds. The van der Waals surface area contributed by atoms with Gasteiger partial charge in [0.2, 0.25) is 5.91 Å². The van der Waals surface area contributed by atoms with Crippen LogP contribution < -0.4 is 0 Å². The molecule has 0 aromatic carbocycles. The average Bonchev–Trinajstić information content (AvgIpc) is 2.08. The SMILES string of the molecule is CC(C)N(CCO)C(=O)CSC(C)(C)C. The molecule has 4 heteroatoms. The van der Waals surface area contributed by atoms with Gasteiger partial charge in [-0.2, -0.15) is 0 Å². The minimum absolute atomic E-state index is 0.0318. The predicted octanol–water partition coefficient (Wildman–Crippen LogP) is 1.75. The van der Waals surface area contributed by atoms with Crippen molar-refractivity contribution in [2.75, 3.05) is 18.9 Å². The molecule has 0 aliphatic rings. The van der Waals surface area contributed by atoms with Crippen molar-refractivity contribution >= 4 is 17.7 Å². The Bertz CT molecular complexity index is 199. The minimum Gasteiger partial charge on any atom is -0.395 e. The second-order valence-electron chi connectivity index (χ2n) is 4.81. The molecule has 15 heavy (non-hydrogen) atoms.